The highest BCUT2D eigenvalue weighted by atomic mass is 16.5. The molecule has 1 aliphatic carbocycles. The van der Waals surface area contributed by atoms with Gasteiger partial charge in [0.2, 0.25) is 0 Å². The number of rotatable bonds is 3. The van der Waals surface area contributed by atoms with Gasteiger partial charge in [0.1, 0.15) is 23.9 Å². The van der Waals surface area contributed by atoms with Gasteiger partial charge in [0.25, 0.3) is 0 Å². The first-order chi connectivity index (χ1) is 12.2. The highest BCUT2D eigenvalue weighted by Gasteiger charge is 2.25. The van der Waals surface area contributed by atoms with Crippen molar-refractivity contribution in [2.75, 3.05) is 25.6 Å². The van der Waals surface area contributed by atoms with Crippen LogP contribution in [0.15, 0.2) is 30.5 Å². The van der Waals surface area contributed by atoms with Gasteiger partial charge in [-0.1, -0.05) is 0 Å². The second-order valence-electron chi connectivity index (χ2n) is 6.42. The molecule has 0 spiro atoms. The fourth-order valence-corrected chi connectivity index (χ4v) is 3.17. The number of urea groups is 1. The summed E-state index contributed by atoms with van der Waals surface area (Å²) in [5, 5.41) is 7.35. The molecule has 2 heterocycles. The molecule has 1 aliphatic heterocycles. The minimum Gasteiger partial charge on any atom is -0.497 e. The van der Waals surface area contributed by atoms with Crippen molar-refractivity contribution in [1.82, 2.24) is 14.7 Å². The highest BCUT2D eigenvalue weighted by molar-refractivity contribution is 5.88. The summed E-state index contributed by atoms with van der Waals surface area (Å²) in [5.74, 6) is 2.28. The minimum atomic E-state index is -0.131. The molecular formula is C18H22N4O3. The zero-order valence-corrected chi connectivity index (χ0v) is 14.3. The predicted molar refractivity (Wildman–Crippen MR) is 93.0 cm³/mol. The Balaban J connectivity index is 1.47. The van der Waals surface area contributed by atoms with Crippen LogP contribution in [-0.2, 0) is 6.54 Å². The molecule has 0 radical (unpaired) electrons. The molecule has 1 aromatic heterocycles. The smallest absolute Gasteiger partial charge is 0.323 e. The van der Waals surface area contributed by atoms with Gasteiger partial charge < -0.3 is 14.4 Å². The lowest BCUT2D eigenvalue weighted by molar-refractivity contribution is 0.200. The van der Waals surface area contributed by atoms with Crippen molar-refractivity contribution in [2.24, 2.45) is 0 Å². The molecule has 1 fully saturated rings. The molecule has 132 valence electrons. The number of amides is 2. The number of carbonyl (C=O) groups is 1. The third kappa shape index (κ3) is 3.14. The fourth-order valence-electron chi connectivity index (χ4n) is 3.17. The zero-order chi connectivity index (χ0) is 17.2. The van der Waals surface area contributed by atoms with Gasteiger partial charge in [-0.2, -0.15) is 5.10 Å². The number of hydrogen-bond acceptors (Lipinski definition) is 4. The van der Waals surface area contributed by atoms with Gasteiger partial charge in [0.15, 0.2) is 0 Å². The van der Waals surface area contributed by atoms with E-state index in [0.29, 0.717) is 25.7 Å². The lowest BCUT2D eigenvalue weighted by Crippen LogP contribution is -2.37. The van der Waals surface area contributed by atoms with Crippen LogP contribution < -0.4 is 14.8 Å². The van der Waals surface area contributed by atoms with Crippen LogP contribution in [0.3, 0.4) is 0 Å². The van der Waals surface area contributed by atoms with E-state index in [1.807, 2.05) is 28.9 Å². The third-order valence-corrected chi connectivity index (χ3v) is 4.87. The monoisotopic (exact) mass is 342 g/mol. The molecule has 1 aromatic carbocycles. The number of aromatic nitrogens is 2. The number of nitrogens with zero attached hydrogens (tertiary/aromatic N) is 3. The molecule has 7 heteroatoms. The van der Waals surface area contributed by atoms with Crippen LogP contribution in [0, 0.1) is 0 Å². The number of nitrogens with one attached hydrogen (secondary N) is 1. The molecule has 2 aromatic rings. The van der Waals surface area contributed by atoms with E-state index < -0.39 is 0 Å². The number of fused-ring (bicyclic) bond motifs is 1. The van der Waals surface area contributed by atoms with Gasteiger partial charge in [0.05, 0.1) is 32.4 Å². The SMILES string of the molecule is COc1ccc2c(c1)OCCN(C(=O)Nc1ccnn1C1CCC1)C2. The molecule has 0 bridgehead atoms. The average molecular weight is 342 g/mol. The topological polar surface area (TPSA) is 68.6 Å². The zero-order valence-electron chi connectivity index (χ0n) is 14.3. The number of benzene rings is 1. The predicted octanol–water partition coefficient (Wildman–Crippen LogP) is 3.04. The van der Waals surface area contributed by atoms with Gasteiger partial charge in [-0.05, 0) is 31.4 Å². The van der Waals surface area contributed by atoms with Crippen molar-refractivity contribution in [1.29, 1.82) is 0 Å². The maximum absolute atomic E-state index is 12.7. The van der Waals surface area contributed by atoms with Crippen molar-refractivity contribution < 1.29 is 14.3 Å². The lowest BCUT2D eigenvalue weighted by Gasteiger charge is -2.28. The average Bonchev–Trinajstić information content (AvgIpc) is 2.90. The Bertz CT molecular complexity index is 769. The summed E-state index contributed by atoms with van der Waals surface area (Å²) >= 11 is 0. The Morgan fingerprint density at radius 3 is 3.00 bits per heavy atom. The van der Waals surface area contributed by atoms with E-state index in [-0.39, 0.29) is 6.03 Å². The first-order valence-corrected chi connectivity index (χ1v) is 8.64. The second kappa shape index (κ2) is 6.66. The Morgan fingerprint density at radius 2 is 2.24 bits per heavy atom. The van der Waals surface area contributed by atoms with Crippen molar-refractivity contribution in [2.45, 2.75) is 31.8 Å². The van der Waals surface area contributed by atoms with Crippen molar-refractivity contribution >= 4 is 11.8 Å². The van der Waals surface area contributed by atoms with Crippen LogP contribution in [0.4, 0.5) is 10.6 Å². The summed E-state index contributed by atoms with van der Waals surface area (Å²) in [5.41, 5.74) is 0.973. The summed E-state index contributed by atoms with van der Waals surface area (Å²) in [6, 6.07) is 7.82. The molecule has 4 rings (SSSR count). The first-order valence-electron chi connectivity index (χ1n) is 8.64. The van der Waals surface area contributed by atoms with E-state index in [4.69, 9.17) is 9.47 Å². The third-order valence-electron chi connectivity index (χ3n) is 4.87. The molecule has 1 saturated carbocycles. The number of carbonyl (C=O) groups excluding carboxylic acids is 1. The van der Waals surface area contributed by atoms with Gasteiger partial charge in [0, 0.05) is 17.7 Å². The molecule has 2 amide bonds. The van der Waals surface area contributed by atoms with E-state index in [2.05, 4.69) is 10.4 Å². The second-order valence-corrected chi connectivity index (χ2v) is 6.42. The summed E-state index contributed by atoms with van der Waals surface area (Å²) in [7, 11) is 1.63. The lowest BCUT2D eigenvalue weighted by atomic mass is 9.93. The Labute approximate surface area is 146 Å². The summed E-state index contributed by atoms with van der Waals surface area (Å²) in [6.45, 7) is 1.48. The van der Waals surface area contributed by atoms with E-state index >= 15 is 0 Å². The molecule has 0 unspecified atom stereocenters. The van der Waals surface area contributed by atoms with Crippen LogP contribution >= 0.6 is 0 Å². The van der Waals surface area contributed by atoms with Crippen LogP contribution in [0.25, 0.3) is 0 Å². The molecule has 1 N–H and O–H groups in total. The minimum absolute atomic E-state index is 0.131. The van der Waals surface area contributed by atoms with Crippen molar-refractivity contribution in [3.8, 4) is 11.5 Å². The van der Waals surface area contributed by atoms with Crippen molar-refractivity contribution in [3.63, 3.8) is 0 Å². The van der Waals surface area contributed by atoms with Crippen molar-refractivity contribution in [3.05, 3.63) is 36.0 Å². The molecule has 2 aliphatic rings. The van der Waals surface area contributed by atoms with Gasteiger partial charge in [-0.15, -0.1) is 0 Å². The van der Waals surface area contributed by atoms with Crippen LogP contribution in [-0.4, -0.2) is 41.0 Å². The molecule has 7 nitrogen and oxygen atoms in total. The molecule has 0 saturated heterocycles. The highest BCUT2D eigenvalue weighted by Crippen LogP contribution is 2.33. The van der Waals surface area contributed by atoms with Gasteiger partial charge >= 0.3 is 6.03 Å². The number of hydrogen-bond donors (Lipinski definition) is 1. The van der Waals surface area contributed by atoms with Crippen LogP contribution in [0.2, 0.25) is 0 Å². The normalized spacial score (nSPS) is 17.1. The molecular weight excluding hydrogens is 320 g/mol. The molecule has 25 heavy (non-hydrogen) atoms. The van der Waals surface area contributed by atoms with E-state index in [0.717, 1.165) is 35.7 Å². The number of anilines is 1. The number of methoxy groups -OCH3 is 1. The summed E-state index contributed by atoms with van der Waals surface area (Å²) < 4.78 is 12.9. The maximum Gasteiger partial charge on any atom is 0.323 e. The summed E-state index contributed by atoms with van der Waals surface area (Å²) in [4.78, 5) is 14.5. The fraction of sp³-hybridized carbons (Fsp3) is 0.444. The van der Waals surface area contributed by atoms with E-state index in [1.54, 1.807) is 18.2 Å². The molecule has 0 atom stereocenters. The maximum atomic E-state index is 12.7. The largest absolute Gasteiger partial charge is 0.497 e. The van der Waals surface area contributed by atoms with E-state index in [9.17, 15) is 4.79 Å². The van der Waals surface area contributed by atoms with Gasteiger partial charge in [-0.3, -0.25) is 5.32 Å². The Kier molecular flexibility index (Phi) is 4.21. The Hall–Kier alpha value is -2.70. The first kappa shape index (κ1) is 15.8. The quantitative estimate of drug-likeness (QED) is 0.931. The standard InChI is InChI=1S/C18H22N4O3/c1-24-15-6-5-13-12-21(9-10-25-16(13)11-15)18(23)20-17-7-8-19-22(17)14-3-2-4-14/h5-8,11,14H,2-4,9-10,12H2,1H3,(H,20,23). The summed E-state index contributed by atoms with van der Waals surface area (Å²) in [6.07, 6.45) is 5.21. The van der Waals surface area contributed by atoms with Crippen LogP contribution in [0.5, 0.6) is 11.5 Å². The number of ether oxygens (including phenoxy) is 2. The van der Waals surface area contributed by atoms with E-state index in [1.165, 1.54) is 6.42 Å². The van der Waals surface area contributed by atoms with Crippen LogP contribution in [0.1, 0.15) is 30.9 Å². The Morgan fingerprint density at radius 1 is 1.36 bits per heavy atom. The van der Waals surface area contributed by atoms with Gasteiger partial charge in [-0.25, -0.2) is 9.48 Å².